The molecule has 3 aliphatic heterocycles. The van der Waals surface area contributed by atoms with Gasteiger partial charge in [0.15, 0.2) is 23.0 Å². The van der Waals surface area contributed by atoms with Crippen LogP contribution >= 0.6 is 34.8 Å². The maximum atomic E-state index is 6.72. The van der Waals surface area contributed by atoms with E-state index in [1.807, 2.05) is 24.3 Å². The molecule has 198 valence electrons. The van der Waals surface area contributed by atoms with E-state index in [1.165, 1.54) is 11.1 Å². The lowest BCUT2D eigenvalue weighted by Gasteiger charge is -2.46. The Morgan fingerprint density at radius 2 is 1.79 bits per heavy atom. The maximum Gasteiger partial charge on any atom is 0.231 e. The van der Waals surface area contributed by atoms with Gasteiger partial charge < -0.3 is 23.8 Å². The molecular weight excluding hydrogens is 545 g/mol. The average Bonchev–Trinajstić information content (AvgIpc) is 3.38. The van der Waals surface area contributed by atoms with Gasteiger partial charge in [0.1, 0.15) is 6.04 Å². The Balaban J connectivity index is 1.34. The fourth-order valence-corrected chi connectivity index (χ4v) is 6.26. The fourth-order valence-electron chi connectivity index (χ4n) is 5.58. The third-order valence-electron chi connectivity index (χ3n) is 7.36. The van der Waals surface area contributed by atoms with Crippen LogP contribution in [0.5, 0.6) is 23.0 Å². The summed E-state index contributed by atoms with van der Waals surface area (Å²) in [7, 11) is 1.64. The molecule has 0 spiro atoms. The van der Waals surface area contributed by atoms with Crippen molar-refractivity contribution in [2.75, 3.05) is 27.1 Å². The normalized spacial score (nSPS) is 17.3. The van der Waals surface area contributed by atoms with Gasteiger partial charge in [-0.25, -0.2) is 0 Å². The number of fused-ring (bicyclic) bond motifs is 5. The maximum absolute atomic E-state index is 6.72. The summed E-state index contributed by atoms with van der Waals surface area (Å²) < 4.78 is 21.8. The third-order valence-corrected chi connectivity index (χ3v) is 7.98. The minimum atomic E-state index is -1.61. The number of hydrogen-bond acceptors (Lipinski definition) is 5. The highest BCUT2D eigenvalue weighted by Gasteiger charge is 2.46. The highest BCUT2D eigenvalue weighted by molar-refractivity contribution is 6.68. The number of benzene rings is 3. The topological polar surface area (TPSA) is 40.2 Å². The van der Waals surface area contributed by atoms with Gasteiger partial charge in [-0.1, -0.05) is 71.2 Å². The lowest BCUT2D eigenvalue weighted by atomic mass is 9.86. The highest BCUT2D eigenvalue weighted by atomic mass is 35.6. The van der Waals surface area contributed by atoms with Gasteiger partial charge in [-0.15, -0.1) is 0 Å². The van der Waals surface area contributed by atoms with Crippen molar-refractivity contribution in [2.24, 2.45) is 0 Å². The summed E-state index contributed by atoms with van der Waals surface area (Å²) in [5.41, 5.74) is 6.34. The predicted molar refractivity (Wildman–Crippen MR) is 152 cm³/mol. The van der Waals surface area contributed by atoms with Crippen molar-refractivity contribution in [3.63, 3.8) is 0 Å². The van der Waals surface area contributed by atoms with Crippen molar-refractivity contribution in [3.05, 3.63) is 82.4 Å². The van der Waals surface area contributed by atoms with E-state index in [4.69, 9.17) is 53.8 Å². The van der Waals surface area contributed by atoms with Crippen LogP contribution in [-0.4, -0.2) is 35.7 Å². The third kappa shape index (κ3) is 4.76. The fraction of sp³-hybridized carbons (Fsp3) is 0.333. The van der Waals surface area contributed by atoms with Crippen LogP contribution in [-0.2, 0) is 12.8 Å². The van der Waals surface area contributed by atoms with E-state index in [-0.39, 0.29) is 6.79 Å². The summed E-state index contributed by atoms with van der Waals surface area (Å²) in [4.78, 5) is 2.17. The molecule has 0 N–H and O–H groups in total. The molecule has 38 heavy (non-hydrogen) atoms. The van der Waals surface area contributed by atoms with E-state index in [0.29, 0.717) is 24.7 Å². The summed E-state index contributed by atoms with van der Waals surface area (Å²) in [6.07, 6.45) is 5.84. The van der Waals surface area contributed by atoms with E-state index in [2.05, 4.69) is 41.3 Å². The van der Waals surface area contributed by atoms with Gasteiger partial charge in [-0.2, -0.15) is 0 Å². The van der Waals surface area contributed by atoms with Gasteiger partial charge in [0.2, 0.25) is 10.6 Å². The quantitative estimate of drug-likeness (QED) is 0.215. The Morgan fingerprint density at radius 1 is 1.00 bits per heavy atom. The molecule has 3 aliphatic rings. The number of unbranched alkanes of at least 4 members (excludes halogenated alkanes) is 1. The first-order valence-corrected chi connectivity index (χ1v) is 13.9. The van der Waals surface area contributed by atoms with Crippen molar-refractivity contribution >= 4 is 46.6 Å². The van der Waals surface area contributed by atoms with Crippen molar-refractivity contribution in [1.29, 1.82) is 0 Å². The first-order chi connectivity index (χ1) is 18.4. The van der Waals surface area contributed by atoms with E-state index in [0.717, 1.165) is 59.6 Å². The summed E-state index contributed by atoms with van der Waals surface area (Å²) in [6, 6.07) is 17.9. The minimum absolute atomic E-state index is 0.229. The zero-order valence-corrected chi connectivity index (χ0v) is 23.3. The molecular formula is C30H28Cl3NO4. The van der Waals surface area contributed by atoms with Crippen LogP contribution in [0.25, 0.3) is 11.8 Å². The van der Waals surface area contributed by atoms with Crippen molar-refractivity contribution in [3.8, 4) is 23.0 Å². The van der Waals surface area contributed by atoms with Crippen molar-refractivity contribution < 1.29 is 18.9 Å². The van der Waals surface area contributed by atoms with Gasteiger partial charge in [0.05, 0.1) is 13.7 Å². The molecule has 0 bridgehead atoms. The zero-order chi connectivity index (χ0) is 26.3. The molecule has 0 radical (unpaired) electrons. The Hall–Kier alpha value is -2.73. The lowest BCUT2D eigenvalue weighted by molar-refractivity contribution is 0.174. The van der Waals surface area contributed by atoms with Gasteiger partial charge in [0.25, 0.3) is 0 Å². The summed E-state index contributed by atoms with van der Waals surface area (Å²) in [6.45, 7) is 1.45. The highest BCUT2D eigenvalue weighted by Crippen LogP contribution is 2.56. The summed E-state index contributed by atoms with van der Waals surface area (Å²) in [5, 5.41) is 0. The number of hydrogen-bond donors (Lipinski definition) is 0. The zero-order valence-electron chi connectivity index (χ0n) is 21.0. The molecule has 3 aromatic rings. The van der Waals surface area contributed by atoms with Crippen LogP contribution in [0.3, 0.4) is 0 Å². The van der Waals surface area contributed by atoms with Crippen molar-refractivity contribution in [2.45, 2.75) is 35.5 Å². The summed E-state index contributed by atoms with van der Waals surface area (Å²) in [5.74, 6) is 2.77. The Bertz CT molecular complexity index is 1370. The number of nitrogens with zero attached hydrogens (tertiary/aromatic N) is 1. The average molecular weight is 573 g/mol. The van der Waals surface area contributed by atoms with Gasteiger partial charge >= 0.3 is 0 Å². The molecule has 1 atom stereocenters. The largest absolute Gasteiger partial charge is 0.493 e. The number of alkyl halides is 3. The number of aryl methyl sites for hydroxylation is 1. The molecule has 8 heteroatoms. The first-order valence-electron chi connectivity index (χ1n) is 12.8. The predicted octanol–water partition coefficient (Wildman–Crippen LogP) is 7.61. The number of rotatable bonds is 7. The first kappa shape index (κ1) is 25.5. The Labute approximate surface area is 237 Å². The van der Waals surface area contributed by atoms with Gasteiger partial charge in [-0.3, -0.25) is 0 Å². The van der Waals surface area contributed by atoms with Gasteiger partial charge in [-0.05, 0) is 66.6 Å². The van der Waals surface area contributed by atoms with E-state index >= 15 is 0 Å². The number of halogens is 3. The number of methoxy groups -OCH3 is 1. The second-order valence-corrected chi connectivity index (χ2v) is 12.0. The van der Waals surface area contributed by atoms with Crippen LogP contribution in [0.2, 0.25) is 0 Å². The van der Waals surface area contributed by atoms with E-state index in [1.54, 1.807) is 7.11 Å². The molecule has 0 aliphatic carbocycles. The smallest absolute Gasteiger partial charge is 0.231 e. The summed E-state index contributed by atoms with van der Waals surface area (Å²) >= 11 is 20.2. The molecule has 3 aromatic carbocycles. The van der Waals surface area contributed by atoms with Gasteiger partial charge in [0, 0.05) is 23.4 Å². The molecule has 0 amide bonds. The van der Waals surface area contributed by atoms with E-state index < -0.39 is 9.83 Å². The SMILES string of the molecule is COc1ccc2c(c1OCCCCc1ccccc1)[C@H](C(Cl)(Cl)Cl)N1CCc3cc4c(cc3C1=C2)OCO4. The van der Waals surface area contributed by atoms with Crippen LogP contribution in [0.1, 0.15) is 46.7 Å². The molecule has 0 fully saturated rings. The minimum Gasteiger partial charge on any atom is -0.493 e. The molecule has 0 saturated heterocycles. The Kier molecular flexibility index (Phi) is 7.02. The second kappa shape index (κ2) is 10.4. The second-order valence-electron chi connectivity index (χ2n) is 9.67. The van der Waals surface area contributed by atoms with Crippen LogP contribution in [0, 0.1) is 0 Å². The molecule has 5 nitrogen and oxygen atoms in total. The standard InChI is InChI=1S/C30H28Cl3NO4/c1-35-24-11-10-21-15-23-22-17-26-25(37-18-38-26)16-20(22)12-13-34(23)29(30(31,32)33)27(21)28(24)36-14-6-5-9-19-7-3-2-4-8-19/h2-4,7-8,10-11,15-17,29H,5-6,9,12-14,18H2,1H3/t29-/m1/s1. The lowest BCUT2D eigenvalue weighted by Crippen LogP contribution is -2.41. The monoisotopic (exact) mass is 571 g/mol. The molecule has 0 unspecified atom stereocenters. The molecule has 0 aromatic heterocycles. The van der Waals surface area contributed by atoms with E-state index in [9.17, 15) is 0 Å². The van der Waals surface area contributed by atoms with Crippen LogP contribution < -0.4 is 18.9 Å². The molecule has 3 heterocycles. The van der Waals surface area contributed by atoms with Crippen LogP contribution in [0.15, 0.2) is 54.6 Å². The molecule has 6 rings (SSSR count). The molecule has 0 saturated carbocycles. The van der Waals surface area contributed by atoms with Crippen LogP contribution in [0.4, 0.5) is 0 Å². The van der Waals surface area contributed by atoms with Crippen molar-refractivity contribution in [1.82, 2.24) is 4.90 Å². The Morgan fingerprint density at radius 3 is 2.55 bits per heavy atom. The number of ether oxygens (including phenoxy) is 4.